The minimum atomic E-state index is -2.39. The van der Waals surface area contributed by atoms with E-state index in [1.807, 2.05) is 16.0 Å². The molecule has 4 bridgehead atoms. The second-order valence-electron chi connectivity index (χ2n) is 14.1. The van der Waals surface area contributed by atoms with Crippen molar-refractivity contribution in [2.45, 2.75) is 77.0 Å². The Labute approximate surface area is 254 Å². The van der Waals surface area contributed by atoms with Gasteiger partial charge in [-0.2, -0.15) is 0 Å². The summed E-state index contributed by atoms with van der Waals surface area (Å²) < 4.78 is 6.60. The Hall–Kier alpha value is -1.97. The molecule has 0 aromatic heterocycles. The van der Waals surface area contributed by atoms with Crippen LogP contribution in [-0.4, -0.2) is 12.9 Å². The monoisotopic (exact) mass is 595 g/mol. The van der Waals surface area contributed by atoms with E-state index in [1.165, 1.54) is 49.7 Å². The first kappa shape index (κ1) is 29.1. The van der Waals surface area contributed by atoms with Crippen LogP contribution in [-0.2, 0) is 16.1 Å². The van der Waals surface area contributed by atoms with Crippen LogP contribution in [0.1, 0.15) is 66.2 Å². The predicted octanol–water partition coefficient (Wildman–Crippen LogP) is 8.68. The molecule has 0 radical (unpaired) electrons. The molecule has 0 aliphatic heterocycles. The molecular weight excluding hydrogens is 546 g/mol. The first-order chi connectivity index (χ1) is 19.8. The molecule has 0 heterocycles. The van der Waals surface area contributed by atoms with Gasteiger partial charge in [0, 0.05) is 0 Å². The van der Waals surface area contributed by atoms with Gasteiger partial charge in [-0.25, -0.2) is 0 Å². The van der Waals surface area contributed by atoms with E-state index >= 15 is 0 Å². The molecule has 1 nitrogen and oxygen atoms in total. The van der Waals surface area contributed by atoms with Crippen molar-refractivity contribution in [3.63, 3.8) is 0 Å². The van der Waals surface area contributed by atoms with E-state index in [1.54, 1.807) is 21.9 Å². The van der Waals surface area contributed by atoms with E-state index in [2.05, 4.69) is 112 Å². The van der Waals surface area contributed by atoms with Crippen molar-refractivity contribution >= 4 is 12.6 Å². The molecule has 2 unspecified atom stereocenters. The minimum Gasteiger partial charge on any atom is -0.0622 e. The van der Waals surface area contributed by atoms with Gasteiger partial charge in [0.1, 0.15) is 0 Å². The number of hydrogen-bond acceptors (Lipinski definition) is 1. The minimum absolute atomic E-state index is 0.327. The summed E-state index contributed by atoms with van der Waals surface area (Å²) in [5.41, 5.74) is 7.94. The molecule has 4 saturated carbocycles. The van der Waals surface area contributed by atoms with E-state index < -0.39 is 16.1 Å². The van der Waals surface area contributed by atoms with Gasteiger partial charge in [-0.3, -0.25) is 0 Å². The second-order valence-corrected chi connectivity index (χ2v) is 28.2. The maximum Gasteiger partial charge on any atom is -0.0184 e. The molecule has 214 valence electrons. The van der Waals surface area contributed by atoms with Crippen LogP contribution < -0.4 is 8.99 Å². The van der Waals surface area contributed by atoms with Crippen molar-refractivity contribution in [2.24, 2.45) is 23.7 Å². The Kier molecular flexibility index (Phi) is 8.49. The van der Waals surface area contributed by atoms with Gasteiger partial charge in [-0.1, -0.05) is 60.7 Å². The number of hydrogen-bond donors (Lipinski definition) is 1. The third kappa shape index (κ3) is 6.09. The topological polar surface area (TPSA) is 12.0 Å². The maximum atomic E-state index is 4.70. The molecule has 3 aromatic rings. The maximum absolute atomic E-state index is 4.70. The fourth-order valence-electron chi connectivity index (χ4n) is 9.58. The van der Waals surface area contributed by atoms with Crippen molar-refractivity contribution in [1.82, 2.24) is 3.80 Å². The summed E-state index contributed by atoms with van der Waals surface area (Å²) in [6.45, 7) is 9.73. The first-order valence-corrected chi connectivity index (χ1v) is 23.9. The molecule has 2 atom stereocenters. The van der Waals surface area contributed by atoms with Crippen molar-refractivity contribution < 1.29 is 16.1 Å². The molecule has 41 heavy (non-hydrogen) atoms. The number of rotatable bonds is 6. The Balaban J connectivity index is 0.000000210. The molecule has 0 amide bonds. The number of allylic oxidation sites excluding steroid dienone is 4. The summed E-state index contributed by atoms with van der Waals surface area (Å²) >= 11 is -2.39. The van der Waals surface area contributed by atoms with Crippen LogP contribution in [0.25, 0.3) is 11.1 Å². The van der Waals surface area contributed by atoms with E-state index in [-0.39, 0.29) is 7.39 Å². The summed E-state index contributed by atoms with van der Waals surface area (Å²) in [5, 5.41) is 4.46. The van der Waals surface area contributed by atoms with Crippen molar-refractivity contribution in [1.29, 1.82) is 0 Å². The van der Waals surface area contributed by atoms with Crippen LogP contribution >= 0.6 is 0 Å². The smallest absolute Gasteiger partial charge is 0.0184 e. The van der Waals surface area contributed by atoms with Gasteiger partial charge in [0.2, 0.25) is 0 Å². The van der Waals surface area contributed by atoms with Crippen LogP contribution in [0.3, 0.4) is 0 Å². The Morgan fingerprint density at radius 2 is 1.10 bits per heavy atom. The normalized spacial score (nSPS) is 30.1. The molecular formula is C38H49NSiTi. The van der Waals surface area contributed by atoms with Gasteiger partial charge >= 0.3 is 184 Å². The summed E-state index contributed by atoms with van der Waals surface area (Å²) in [7, 11) is -0.327. The average molecular weight is 596 g/mol. The van der Waals surface area contributed by atoms with Crippen LogP contribution in [0.4, 0.5) is 0 Å². The standard InChI is InChI=1S/C12H10.C10H16N.C9H13.C6H7Si.CH3.Ti/c1-3-7-11(8-4-1)12-9-5-2-6-10-12;11-10-4-7-1-8(5-10)3-9(2-7)6-10;1-6-5-7(2)9(4)8(6)3;7-6-4-2-1-3-5-6;;/h1-10H;7-9,11H,1-6H2;6H,1-4H3;1-5H,7H2;1H3;/q;-1;;;;+1. The van der Waals surface area contributed by atoms with Gasteiger partial charge in [0.15, 0.2) is 0 Å². The molecule has 8 rings (SSSR count). The third-order valence-corrected chi connectivity index (χ3v) is 25.0. The van der Waals surface area contributed by atoms with Crippen molar-refractivity contribution in [2.75, 3.05) is 0 Å². The van der Waals surface area contributed by atoms with Crippen LogP contribution in [0.5, 0.6) is 0 Å². The van der Waals surface area contributed by atoms with E-state index in [4.69, 9.17) is 3.80 Å². The third-order valence-electron chi connectivity index (χ3n) is 11.1. The summed E-state index contributed by atoms with van der Waals surface area (Å²) in [6.07, 6.45) is 9.06. The van der Waals surface area contributed by atoms with Crippen molar-refractivity contribution in [3.05, 3.63) is 112 Å². The Morgan fingerprint density at radius 3 is 1.51 bits per heavy atom. The second kappa shape index (κ2) is 12.0. The Morgan fingerprint density at radius 1 is 0.659 bits per heavy atom. The summed E-state index contributed by atoms with van der Waals surface area (Å²) in [6, 6.07) is 32.4. The van der Waals surface area contributed by atoms with Gasteiger partial charge in [-0.15, -0.1) is 0 Å². The van der Waals surface area contributed by atoms with Gasteiger partial charge in [0.25, 0.3) is 0 Å². The average Bonchev–Trinajstić information content (AvgIpc) is 3.16. The first-order valence-electron chi connectivity index (χ1n) is 16.1. The molecule has 5 aliphatic carbocycles. The summed E-state index contributed by atoms with van der Waals surface area (Å²) in [5.74, 6) is 3.74. The quantitative estimate of drug-likeness (QED) is 0.281. The van der Waals surface area contributed by atoms with Crippen LogP contribution in [0.2, 0.25) is 5.23 Å². The van der Waals surface area contributed by atoms with Gasteiger partial charge in [-0.05, 0) is 11.1 Å². The molecule has 0 spiro atoms. The SMILES string of the molecule is CC1=C(C)C(C)[C]([Ti]([CH3])([NH]C23CC4CC(CC(C4)C2)C3)[SiH2]c2ccccc2)=C1C.c1ccc(-c2ccccc2)cc1. The van der Waals surface area contributed by atoms with Gasteiger partial charge < -0.3 is 0 Å². The number of nitrogens with one attached hydrogen (secondary N) is 1. The van der Waals surface area contributed by atoms with Gasteiger partial charge in [0.05, 0.1) is 0 Å². The summed E-state index contributed by atoms with van der Waals surface area (Å²) in [4.78, 5) is 0. The molecule has 4 fully saturated rings. The predicted molar refractivity (Wildman–Crippen MR) is 177 cm³/mol. The zero-order valence-corrected chi connectivity index (χ0v) is 28.9. The van der Waals surface area contributed by atoms with Crippen molar-refractivity contribution in [3.8, 4) is 11.1 Å². The van der Waals surface area contributed by atoms with E-state index in [0.29, 0.717) is 11.5 Å². The zero-order valence-electron chi connectivity index (χ0n) is 25.9. The molecule has 1 N–H and O–H groups in total. The largest absolute Gasteiger partial charge is 0.0622 e. The molecule has 0 saturated heterocycles. The number of benzene rings is 3. The zero-order chi connectivity index (χ0) is 28.6. The van der Waals surface area contributed by atoms with Crippen LogP contribution in [0.15, 0.2) is 112 Å². The molecule has 5 aliphatic rings. The fourth-order valence-corrected chi connectivity index (χ4v) is 27.2. The van der Waals surface area contributed by atoms with E-state index in [0.717, 1.165) is 17.8 Å². The van der Waals surface area contributed by atoms with Crippen LogP contribution in [0, 0.1) is 23.7 Å². The van der Waals surface area contributed by atoms with E-state index in [9.17, 15) is 0 Å². The Bertz CT molecular complexity index is 1340. The molecule has 3 aromatic carbocycles. The molecule has 3 heteroatoms. The fraction of sp³-hybridized carbons (Fsp3) is 0.421.